The average molecular weight is 387 g/mol. The minimum atomic E-state index is -0.134. The van der Waals surface area contributed by atoms with E-state index in [9.17, 15) is 4.79 Å². The van der Waals surface area contributed by atoms with Crippen LogP contribution < -0.4 is 0 Å². The van der Waals surface area contributed by atoms with Crippen LogP contribution >= 0.6 is 0 Å². The molecule has 0 unspecified atom stereocenters. The molecule has 1 aliphatic heterocycles. The third-order valence-corrected chi connectivity index (χ3v) is 5.29. The molecular formula is C22H21N5O2. The Morgan fingerprint density at radius 1 is 1.07 bits per heavy atom. The van der Waals surface area contributed by atoms with E-state index in [2.05, 4.69) is 39.2 Å². The Morgan fingerprint density at radius 2 is 1.76 bits per heavy atom. The van der Waals surface area contributed by atoms with Gasteiger partial charge in [-0.15, -0.1) is 0 Å². The number of nitrogens with zero attached hydrogens (tertiary/aromatic N) is 5. The van der Waals surface area contributed by atoms with Crippen LogP contribution in [0, 0.1) is 0 Å². The SMILES string of the molecule is CN(Cc1ccccc1)C(=O)c1c(CN2Cc3ccccc3C2)oc2ncnn12. The van der Waals surface area contributed by atoms with Crippen molar-refractivity contribution in [3.63, 3.8) is 0 Å². The van der Waals surface area contributed by atoms with Crippen LogP contribution in [-0.2, 0) is 26.2 Å². The topological polar surface area (TPSA) is 66.9 Å². The van der Waals surface area contributed by atoms with Gasteiger partial charge in [-0.2, -0.15) is 14.6 Å². The third kappa shape index (κ3) is 3.30. The van der Waals surface area contributed by atoms with Gasteiger partial charge in [-0.05, 0) is 16.7 Å². The van der Waals surface area contributed by atoms with E-state index in [1.165, 1.54) is 22.0 Å². The number of fused-ring (bicyclic) bond motifs is 2. The zero-order valence-corrected chi connectivity index (χ0v) is 16.2. The molecule has 0 atom stereocenters. The summed E-state index contributed by atoms with van der Waals surface area (Å²) in [7, 11) is 1.79. The Labute approximate surface area is 168 Å². The number of carbonyl (C=O) groups excluding carboxylic acids is 1. The van der Waals surface area contributed by atoms with Gasteiger partial charge in [-0.1, -0.05) is 54.6 Å². The first-order valence-corrected chi connectivity index (χ1v) is 9.59. The lowest BCUT2D eigenvalue weighted by molar-refractivity contribution is 0.0772. The van der Waals surface area contributed by atoms with Gasteiger partial charge in [0.1, 0.15) is 6.33 Å². The molecular weight excluding hydrogens is 366 g/mol. The largest absolute Gasteiger partial charge is 0.425 e. The predicted molar refractivity (Wildman–Crippen MR) is 107 cm³/mol. The van der Waals surface area contributed by atoms with Gasteiger partial charge in [0.25, 0.3) is 5.91 Å². The van der Waals surface area contributed by atoms with E-state index >= 15 is 0 Å². The van der Waals surface area contributed by atoms with E-state index in [1.807, 2.05) is 30.3 Å². The van der Waals surface area contributed by atoms with Crippen molar-refractivity contribution in [1.29, 1.82) is 0 Å². The fourth-order valence-corrected chi connectivity index (χ4v) is 3.88. The Balaban J connectivity index is 1.41. The third-order valence-electron chi connectivity index (χ3n) is 5.29. The molecule has 0 fully saturated rings. The first-order valence-electron chi connectivity index (χ1n) is 9.59. The summed E-state index contributed by atoms with van der Waals surface area (Å²) in [5.41, 5.74) is 4.14. The van der Waals surface area contributed by atoms with Crippen LogP contribution in [0.15, 0.2) is 65.3 Å². The number of hydrogen-bond donors (Lipinski definition) is 0. The van der Waals surface area contributed by atoms with Gasteiger partial charge in [0.05, 0.1) is 6.54 Å². The molecule has 0 N–H and O–H groups in total. The average Bonchev–Trinajstić information content (AvgIpc) is 3.42. The highest BCUT2D eigenvalue weighted by Gasteiger charge is 2.28. The summed E-state index contributed by atoms with van der Waals surface area (Å²) in [4.78, 5) is 21.4. The quantitative estimate of drug-likeness (QED) is 0.526. The van der Waals surface area contributed by atoms with E-state index in [0.29, 0.717) is 30.4 Å². The molecule has 4 aromatic rings. The highest BCUT2D eigenvalue weighted by atomic mass is 16.4. The van der Waals surface area contributed by atoms with Crippen molar-refractivity contribution in [2.24, 2.45) is 0 Å². The van der Waals surface area contributed by atoms with Gasteiger partial charge in [-0.25, -0.2) is 0 Å². The Kier molecular flexibility index (Phi) is 4.37. The summed E-state index contributed by atoms with van der Waals surface area (Å²) in [5.74, 6) is 0.802. The lowest BCUT2D eigenvalue weighted by Crippen LogP contribution is -2.29. The van der Waals surface area contributed by atoms with Crippen molar-refractivity contribution < 1.29 is 9.21 Å². The molecule has 3 heterocycles. The molecule has 7 nitrogen and oxygen atoms in total. The molecule has 146 valence electrons. The summed E-state index contributed by atoms with van der Waals surface area (Å²) in [6, 6.07) is 18.3. The van der Waals surface area contributed by atoms with Crippen molar-refractivity contribution >= 4 is 11.8 Å². The summed E-state index contributed by atoms with van der Waals surface area (Å²) in [5, 5.41) is 4.21. The minimum absolute atomic E-state index is 0.134. The van der Waals surface area contributed by atoms with Crippen LogP contribution in [0.5, 0.6) is 0 Å². The van der Waals surface area contributed by atoms with E-state index in [4.69, 9.17) is 4.42 Å². The van der Waals surface area contributed by atoms with Crippen molar-refractivity contribution in [2.75, 3.05) is 7.05 Å². The minimum Gasteiger partial charge on any atom is -0.425 e. The monoisotopic (exact) mass is 387 g/mol. The van der Waals surface area contributed by atoms with Crippen LogP contribution in [0.1, 0.15) is 32.9 Å². The number of rotatable bonds is 5. The number of benzene rings is 2. The van der Waals surface area contributed by atoms with Gasteiger partial charge in [0, 0.05) is 26.7 Å². The number of hydrogen-bond acceptors (Lipinski definition) is 5. The van der Waals surface area contributed by atoms with Gasteiger partial charge in [0.2, 0.25) is 0 Å². The Bertz CT molecular complexity index is 1140. The van der Waals surface area contributed by atoms with Crippen molar-refractivity contribution in [1.82, 2.24) is 24.4 Å². The second-order valence-electron chi connectivity index (χ2n) is 7.39. The molecule has 0 saturated carbocycles. The van der Waals surface area contributed by atoms with E-state index in [0.717, 1.165) is 18.7 Å². The maximum Gasteiger partial charge on any atom is 0.325 e. The lowest BCUT2D eigenvalue weighted by Gasteiger charge is -2.18. The van der Waals surface area contributed by atoms with Crippen LogP contribution in [0.25, 0.3) is 5.84 Å². The van der Waals surface area contributed by atoms with E-state index in [1.54, 1.807) is 11.9 Å². The molecule has 29 heavy (non-hydrogen) atoms. The molecule has 1 aliphatic rings. The summed E-state index contributed by atoms with van der Waals surface area (Å²) in [6.07, 6.45) is 1.41. The standard InChI is InChI=1S/C22H21N5O2/c1-25(11-16-7-3-2-4-8-16)21(28)20-19(29-22-23-15-24-27(20)22)14-26-12-17-9-5-6-10-18(17)13-26/h2-10,15H,11-14H2,1H3. The zero-order chi connectivity index (χ0) is 19.8. The van der Waals surface area contributed by atoms with Crippen LogP contribution in [0.2, 0.25) is 0 Å². The van der Waals surface area contributed by atoms with Crippen LogP contribution in [0.4, 0.5) is 0 Å². The van der Waals surface area contributed by atoms with E-state index < -0.39 is 0 Å². The van der Waals surface area contributed by atoms with Gasteiger partial charge in [0.15, 0.2) is 11.5 Å². The second kappa shape index (κ2) is 7.18. The number of amides is 1. The maximum absolute atomic E-state index is 13.3. The molecule has 0 bridgehead atoms. The molecule has 0 saturated heterocycles. The van der Waals surface area contributed by atoms with E-state index in [-0.39, 0.29) is 5.91 Å². The summed E-state index contributed by atoms with van der Waals surface area (Å²) in [6.45, 7) is 2.70. The lowest BCUT2D eigenvalue weighted by atomic mass is 10.1. The fraction of sp³-hybridized carbons (Fsp3) is 0.227. The molecule has 2 aromatic carbocycles. The number of oxazole rings is 1. The first kappa shape index (κ1) is 17.6. The summed E-state index contributed by atoms with van der Waals surface area (Å²) >= 11 is 0. The molecule has 7 heteroatoms. The number of carbonyl (C=O) groups is 1. The fourth-order valence-electron chi connectivity index (χ4n) is 3.88. The second-order valence-corrected chi connectivity index (χ2v) is 7.39. The predicted octanol–water partition coefficient (Wildman–Crippen LogP) is 3.11. The Hall–Kier alpha value is -3.45. The first-order chi connectivity index (χ1) is 14.2. The van der Waals surface area contributed by atoms with Crippen LogP contribution in [-0.4, -0.2) is 37.4 Å². The number of aromatic nitrogens is 3. The highest BCUT2D eigenvalue weighted by Crippen LogP contribution is 2.26. The van der Waals surface area contributed by atoms with Gasteiger partial charge in [-0.3, -0.25) is 9.69 Å². The van der Waals surface area contributed by atoms with Gasteiger partial charge >= 0.3 is 5.84 Å². The maximum atomic E-state index is 13.3. The van der Waals surface area contributed by atoms with Gasteiger partial charge < -0.3 is 9.32 Å². The van der Waals surface area contributed by atoms with Crippen molar-refractivity contribution in [3.05, 3.63) is 89.1 Å². The molecule has 0 aliphatic carbocycles. The zero-order valence-electron chi connectivity index (χ0n) is 16.2. The molecule has 0 radical (unpaired) electrons. The smallest absolute Gasteiger partial charge is 0.325 e. The molecule has 0 spiro atoms. The summed E-state index contributed by atoms with van der Waals surface area (Å²) < 4.78 is 7.42. The molecule has 2 aromatic heterocycles. The Morgan fingerprint density at radius 3 is 2.48 bits per heavy atom. The molecule has 1 amide bonds. The normalized spacial score (nSPS) is 13.7. The van der Waals surface area contributed by atoms with Crippen molar-refractivity contribution in [3.8, 4) is 0 Å². The van der Waals surface area contributed by atoms with Crippen molar-refractivity contribution in [2.45, 2.75) is 26.2 Å². The molecule has 5 rings (SSSR count). The van der Waals surface area contributed by atoms with Crippen LogP contribution in [0.3, 0.4) is 0 Å². The highest BCUT2D eigenvalue weighted by molar-refractivity contribution is 5.93.